The Kier molecular flexibility index (Phi) is 4.68. The van der Waals surface area contributed by atoms with E-state index in [1.54, 1.807) is 17.0 Å². The molecule has 6 heteroatoms. The van der Waals surface area contributed by atoms with E-state index in [4.69, 9.17) is 4.74 Å². The van der Waals surface area contributed by atoms with E-state index in [-0.39, 0.29) is 29.3 Å². The fourth-order valence-corrected chi connectivity index (χ4v) is 5.05. The van der Waals surface area contributed by atoms with Gasteiger partial charge in [-0.15, -0.1) is 0 Å². The minimum Gasteiger partial charge on any atom is -0.484 e. The molecule has 2 atom stereocenters. The average Bonchev–Trinajstić information content (AvgIpc) is 3.26. The van der Waals surface area contributed by atoms with Crippen molar-refractivity contribution in [1.82, 2.24) is 5.43 Å². The van der Waals surface area contributed by atoms with E-state index >= 15 is 0 Å². The van der Waals surface area contributed by atoms with Crippen LogP contribution in [-0.2, 0) is 9.59 Å². The van der Waals surface area contributed by atoms with Crippen LogP contribution in [0.3, 0.4) is 0 Å². The third-order valence-electron chi connectivity index (χ3n) is 7.42. The van der Waals surface area contributed by atoms with E-state index < -0.39 is 0 Å². The van der Waals surface area contributed by atoms with Gasteiger partial charge in [0.25, 0.3) is 5.91 Å². The Labute approximate surface area is 166 Å². The maximum absolute atomic E-state index is 12.2. The fraction of sp³-hybridized carbons (Fsp3) is 0.591. The Balaban J connectivity index is 1.30. The van der Waals surface area contributed by atoms with Gasteiger partial charge in [-0.1, -0.05) is 20.8 Å². The summed E-state index contributed by atoms with van der Waals surface area (Å²) in [4.78, 5) is 25.7. The largest absolute Gasteiger partial charge is 0.484 e. The van der Waals surface area contributed by atoms with Crippen LogP contribution in [0.5, 0.6) is 5.75 Å². The summed E-state index contributed by atoms with van der Waals surface area (Å²) in [6.45, 7) is 7.59. The van der Waals surface area contributed by atoms with Crippen LogP contribution in [0.1, 0.15) is 52.9 Å². The van der Waals surface area contributed by atoms with Crippen LogP contribution in [0.2, 0.25) is 0 Å². The van der Waals surface area contributed by atoms with Crippen molar-refractivity contribution < 1.29 is 14.3 Å². The Morgan fingerprint density at radius 3 is 2.61 bits per heavy atom. The van der Waals surface area contributed by atoms with Crippen LogP contribution >= 0.6 is 0 Å². The van der Waals surface area contributed by atoms with Gasteiger partial charge in [-0.25, -0.2) is 5.43 Å². The molecule has 1 aliphatic heterocycles. The van der Waals surface area contributed by atoms with Crippen molar-refractivity contribution in [3.8, 4) is 5.75 Å². The standard InChI is InChI=1S/C22H29N3O3/c1-21(2)15-10-11-22(21,3)18(13-15)23-24-19(26)14-28-17-8-6-16(7-9-17)25-12-4-5-20(25)27/h6-9,15H,4-5,10-14H2,1-3H3,(H,24,26)/b23-18-. The summed E-state index contributed by atoms with van der Waals surface area (Å²) >= 11 is 0. The molecular formula is C22H29N3O3. The van der Waals surface area contributed by atoms with Crippen LogP contribution in [0.25, 0.3) is 0 Å². The summed E-state index contributed by atoms with van der Waals surface area (Å²) in [7, 11) is 0. The predicted molar refractivity (Wildman–Crippen MR) is 108 cm³/mol. The second kappa shape index (κ2) is 6.90. The lowest BCUT2D eigenvalue weighted by atomic mass is 9.70. The molecule has 0 radical (unpaired) electrons. The van der Waals surface area contributed by atoms with Crippen LogP contribution in [0.4, 0.5) is 5.69 Å². The molecule has 28 heavy (non-hydrogen) atoms. The number of rotatable bonds is 5. The molecule has 0 spiro atoms. The third-order valence-corrected chi connectivity index (χ3v) is 7.42. The predicted octanol–water partition coefficient (Wildman–Crippen LogP) is 3.51. The van der Waals surface area contributed by atoms with Crippen molar-refractivity contribution in [3.63, 3.8) is 0 Å². The third kappa shape index (κ3) is 3.09. The summed E-state index contributed by atoms with van der Waals surface area (Å²) in [6, 6.07) is 7.29. The monoisotopic (exact) mass is 383 g/mol. The van der Waals surface area contributed by atoms with E-state index in [9.17, 15) is 9.59 Å². The van der Waals surface area contributed by atoms with Crippen molar-refractivity contribution in [1.29, 1.82) is 0 Å². The highest BCUT2D eigenvalue weighted by Gasteiger charge is 2.60. The van der Waals surface area contributed by atoms with Crippen LogP contribution in [0.15, 0.2) is 29.4 Å². The molecule has 0 aromatic heterocycles. The maximum atomic E-state index is 12.2. The molecule has 3 aliphatic rings. The Morgan fingerprint density at radius 2 is 2.04 bits per heavy atom. The molecule has 1 saturated heterocycles. The molecule has 2 saturated carbocycles. The van der Waals surface area contributed by atoms with E-state index in [1.165, 1.54) is 6.42 Å². The zero-order valence-corrected chi connectivity index (χ0v) is 17.0. The Hall–Kier alpha value is -2.37. The van der Waals surface area contributed by atoms with Gasteiger partial charge >= 0.3 is 0 Å². The number of nitrogens with zero attached hydrogens (tertiary/aromatic N) is 2. The lowest BCUT2D eigenvalue weighted by Gasteiger charge is -2.34. The van der Waals surface area contributed by atoms with Crippen LogP contribution < -0.4 is 15.1 Å². The average molecular weight is 383 g/mol. The van der Waals surface area contributed by atoms with Gasteiger partial charge in [0.1, 0.15) is 5.75 Å². The van der Waals surface area contributed by atoms with E-state index in [0.717, 1.165) is 37.2 Å². The molecule has 4 rings (SSSR count). The molecule has 3 fully saturated rings. The zero-order chi connectivity index (χ0) is 19.9. The molecule has 1 aromatic rings. The number of hydrogen-bond acceptors (Lipinski definition) is 4. The summed E-state index contributed by atoms with van der Waals surface area (Å²) < 4.78 is 5.57. The number of fused-ring (bicyclic) bond motifs is 2. The van der Waals surface area contributed by atoms with Crippen molar-refractivity contribution in [2.75, 3.05) is 18.1 Å². The van der Waals surface area contributed by atoms with Gasteiger partial charge in [-0.3, -0.25) is 9.59 Å². The quantitative estimate of drug-likeness (QED) is 0.791. The van der Waals surface area contributed by atoms with Gasteiger partial charge in [0.05, 0.1) is 0 Å². The summed E-state index contributed by atoms with van der Waals surface area (Å²) in [5.41, 5.74) is 4.98. The highest BCUT2D eigenvalue weighted by molar-refractivity contribution is 5.96. The van der Waals surface area contributed by atoms with Crippen molar-refractivity contribution in [2.45, 2.75) is 52.9 Å². The van der Waals surface area contributed by atoms with Crippen molar-refractivity contribution in [3.05, 3.63) is 24.3 Å². The summed E-state index contributed by atoms with van der Waals surface area (Å²) in [5.74, 6) is 1.16. The number of amides is 2. The number of benzene rings is 1. The van der Waals surface area contributed by atoms with E-state index in [0.29, 0.717) is 18.1 Å². The lowest BCUT2D eigenvalue weighted by Crippen LogP contribution is -2.35. The van der Waals surface area contributed by atoms with Gasteiger partial charge in [0, 0.05) is 29.8 Å². The first kappa shape index (κ1) is 19.0. The first-order chi connectivity index (χ1) is 13.3. The van der Waals surface area contributed by atoms with Gasteiger partial charge in [0.15, 0.2) is 6.61 Å². The minimum atomic E-state index is -0.254. The molecule has 2 aliphatic carbocycles. The molecule has 150 valence electrons. The van der Waals surface area contributed by atoms with E-state index in [2.05, 4.69) is 31.3 Å². The molecule has 2 bridgehead atoms. The topological polar surface area (TPSA) is 71.0 Å². The SMILES string of the molecule is CC12CCC(C/C1=N/NC(=O)COc1ccc(N3CCCC3=O)cc1)C2(C)C. The first-order valence-electron chi connectivity index (χ1n) is 10.2. The second-order valence-corrected chi connectivity index (χ2v) is 9.02. The minimum absolute atomic E-state index is 0.0780. The van der Waals surface area contributed by atoms with Gasteiger partial charge in [0.2, 0.25) is 5.91 Å². The summed E-state index contributed by atoms with van der Waals surface area (Å²) in [6.07, 6.45) is 4.87. The fourth-order valence-electron chi connectivity index (χ4n) is 5.05. The maximum Gasteiger partial charge on any atom is 0.277 e. The Morgan fingerprint density at radius 1 is 1.29 bits per heavy atom. The smallest absolute Gasteiger partial charge is 0.277 e. The van der Waals surface area contributed by atoms with Gasteiger partial charge < -0.3 is 9.64 Å². The molecule has 1 aromatic carbocycles. The van der Waals surface area contributed by atoms with Gasteiger partial charge in [-0.2, -0.15) is 5.10 Å². The molecule has 6 nitrogen and oxygen atoms in total. The molecule has 2 amide bonds. The van der Waals surface area contributed by atoms with Crippen molar-refractivity contribution in [2.24, 2.45) is 21.8 Å². The number of nitrogens with one attached hydrogen (secondary N) is 1. The van der Waals surface area contributed by atoms with Crippen LogP contribution in [0, 0.1) is 16.7 Å². The number of ether oxygens (including phenoxy) is 1. The second-order valence-electron chi connectivity index (χ2n) is 9.02. The van der Waals surface area contributed by atoms with Crippen molar-refractivity contribution >= 4 is 23.2 Å². The molecule has 2 unspecified atom stereocenters. The molecule has 1 N–H and O–H groups in total. The normalized spacial score (nSPS) is 29.5. The molecule has 1 heterocycles. The summed E-state index contributed by atoms with van der Waals surface area (Å²) in [5, 5.41) is 4.45. The Bertz CT molecular complexity index is 815. The highest BCUT2D eigenvalue weighted by atomic mass is 16.5. The first-order valence-corrected chi connectivity index (χ1v) is 10.2. The lowest BCUT2D eigenvalue weighted by molar-refractivity contribution is -0.123. The number of carbonyl (C=O) groups excluding carboxylic acids is 2. The van der Waals surface area contributed by atoms with Crippen LogP contribution in [-0.4, -0.2) is 30.7 Å². The highest BCUT2D eigenvalue weighted by Crippen LogP contribution is 2.63. The number of hydrogen-bond donors (Lipinski definition) is 1. The van der Waals surface area contributed by atoms with E-state index in [1.807, 2.05) is 12.1 Å². The number of carbonyl (C=O) groups is 2. The number of hydrazone groups is 1. The molecular weight excluding hydrogens is 354 g/mol. The van der Waals surface area contributed by atoms with Gasteiger partial charge in [-0.05, 0) is 61.3 Å². The number of anilines is 1. The zero-order valence-electron chi connectivity index (χ0n) is 17.0.